The predicted octanol–water partition coefficient (Wildman–Crippen LogP) is 0.916. The normalized spacial score (nSPS) is 33.9. The van der Waals surface area contributed by atoms with Crippen LogP contribution >= 0.6 is 0 Å². The summed E-state index contributed by atoms with van der Waals surface area (Å²) in [6, 6.07) is 0.635. The van der Waals surface area contributed by atoms with Gasteiger partial charge < -0.3 is 15.2 Å². The van der Waals surface area contributed by atoms with Crippen LogP contribution in [0.25, 0.3) is 0 Å². The standard InChI is InChI=1S/C11H21NO2/c1-2-14-10-5-9(6-10)12-7-11(8-13)3-4-11/h9-10,12-13H,2-8H2,1H3. The van der Waals surface area contributed by atoms with E-state index in [1.165, 1.54) is 12.8 Å². The third kappa shape index (κ3) is 2.27. The van der Waals surface area contributed by atoms with Crippen LogP contribution in [-0.2, 0) is 4.74 Å². The number of hydrogen-bond donors (Lipinski definition) is 2. The molecule has 0 bridgehead atoms. The Morgan fingerprint density at radius 2 is 2.14 bits per heavy atom. The highest BCUT2D eigenvalue weighted by Gasteiger charge is 2.42. The summed E-state index contributed by atoms with van der Waals surface area (Å²) in [6.07, 6.45) is 5.17. The monoisotopic (exact) mass is 199 g/mol. The van der Waals surface area contributed by atoms with E-state index < -0.39 is 0 Å². The molecule has 82 valence electrons. The zero-order chi connectivity index (χ0) is 10.0. The van der Waals surface area contributed by atoms with Gasteiger partial charge in [-0.25, -0.2) is 0 Å². The van der Waals surface area contributed by atoms with E-state index in [-0.39, 0.29) is 5.41 Å². The van der Waals surface area contributed by atoms with Gasteiger partial charge in [-0.1, -0.05) is 0 Å². The highest BCUT2D eigenvalue weighted by Crippen LogP contribution is 2.44. The topological polar surface area (TPSA) is 41.5 Å². The van der Waals surface area contributed by atoms with Gasteiger partial charge in [-0.2, -0.15) is 0 Å². The Morgan fingerprint density at radius 1 is 1.43 bits per heavy atom. The number of rotatable bonds is 6. The van der Waals surface area contributed by atoms with Gasteiger partial charge in [0.2, 0.25) is 0 Å². The lowest BCUT2D eigenvalue weighted by Crippen LogP contribution is -2.47. The molecule has 14 heavy (non-hydrogen) atoms. The molecule has 2 aliphatic carbocycles. The Morgan fingerprint density at radius 3 is 2.64 bits per heavy atom. The highest BCUT2D eigenvalue weighted by molar-refractivity contribution is 4.96. The van der Waals surface area contributed by atoms with Crippen molar-refractivity contribution in [2.75, 3.05) is 19.8 Å². The van der Waals surface area contributed by atoms with Crippen molar-refractivity contribution in [1.82, 2.24) is 5.32 Å². The molecule has 0 aromatic heterocycles. The first-order valence-corrected chi connectivity index (χ1v) is 5.74. The SMILES string of the molecule is CCOC1CC(NCC2(CO)CC2)C1. The van der Waals surface area contributed by atoms with E-state index in [9.17, 15) is 0 Å². The summed E-state index contributed by atoms with van der Waals surface area (Å²) in [5.74, 6) is 0. The Bertz CT molecular complexity index is 186. The van der Waals surface area contributed by atoms with Crippen molar-refractivity contribution in [3.05, 3.63) is 0 Å². The fourth-order valence-corrected chi connectivity index (χ4v) is 2.03. The second-order valence-corrected chi connectivity index (χ2v) is 4.78. The van der Waals surface area contributed by atoms with Crippen LogP contribution in [0, 0.1) is 5.41 Å². The van der Waals surface area contributed by atoms with Gasteiger partial charge in [0.05, 0.1) is 6.10 Å². The van der Waals surface area contributed by atoms with Crippen LogP contribution in [0.2, 0.25) is 0 Å². The van der Waals surface area contributed by atoms with Gasteiger partial charge in [0.15, 0.2) is 0 Å². The highest BCUT2D eigenvalue weighted by atomic mass is 16.5. The number of aliphatic hydroxyl groups is 1. The summed E-state index contributed by atoms with van der Waals surface area (Å²) >= 11 is 0. The molecule has 2 rings (SSSR count). The van der Waals surface area contributed by atoms with Crippen molar-refractivity contribution in [2.45, 2.75) is 44.8 Å². The molecule has 2 saturated carbocycles. The van der Waals surface area contributed by atoms with E-state index >= 15 is 0 Å². The molecule has 2 fully saturated rings. The minimum Gasteiger partial charge on any atom is -0.396 e. The molecule has 0 unspecified atom stereocenters. The van der Waals surface area contributed by atoms with E-state index in [1.807, 2.05) is 6.92 Å². The number of hydrogen-bond acceptors (Lipinski definition) is 3. The van der Waals surface area contributed by atoms with Gasteiger partial charge in [0.1, 0.15) is 0 Å². The first-order chi connectivity index (χ1) is 6.78. The Hall–Kier alpha value is -0.120. The molecule has 0 spiro atoms. The van der Waals surface area contributed by atoms with Crippen LogP contribution in [0.5, 0.6) is 0 Å². The van der Waals surface area contributed by atoms with Crippen LogP contribution in [-0.4, -0.2) is 37.0 Å². The van der Waals surface area contributed by atoms with E-state index in [1.54, 1.807) is 0 Å². The molecule has 0 atom stereocenters. The summed E-state index contributed by atoms with van der Waals surface area (Å²) in [7, 11) is 0. The third-order valence-electron chi connectivity index (χ3n) is 3.56. The van der Waals surface area contributed by atoms with Gasteiger partial charge in [-0.15, -0.1) is 0 Å². The zero-order valence-electron chi connectivity index (χ0n) is 8.96. The fourth-order valence-electron chi connectivity index (χ4n) is 2.03. The molecule has 2 N–H and O–H groups in total. The Balaban J connectivity index is 1.56. The maximum Gasteiger partial charge on any atom is 0.0604 e. The van der Waals surface area contributed by atoms with Crippen molar-refractivity contribution in [3.8, 4) is 0 Å². The van der Waals surface area contributed by atoms with E-state index in [2.05, 4.69) is 5.32 Å². The first kappa shape index (κ1) is 10.4. The molecule has 3 heteroatoms. The second kappa shape index (κ2) is 4.17. The van der Waals surface area contributed by atoms with Gasteiger partial charge in [-0.3, -0.25) is 0 Å². The number of ether oxygens (including phenoxy) is 1. The average molecular weight is 199 g/mol. The summed E-state index contributed by atoms with van der Waals surface area (Å²) in [5, 5.41) is 12.7. The quantitative estimate of drug-likeness (QED) is 0.668. The minimum absolute atomic E-state index is 0.247. The lowest BCUT2D eigenvalue weighted by Gasteiger charge is -2.36. The fraction of sp³-hybridized carbons (Fsp3) is 1.00. The molecule has 0 radical (unpaired) electrons. The maximum absolute atomic E-state index is 9.13. The van der Waals surface area contributed by atoms with Crippen molar-refractivity contribution in [3.63, 3.8) is 0 Å². The Labute approximate surface area is 85.8 Å². The van der Waals surface area contributed by atoms with E-state index in [0.29, 0.717) is 18.8 Å². The minimum atomic E-state index is 0.247. The van der Waals surface area contributed by atoms with Crippen molar-refractivity contribution in [2.24, 2.45) is 5.41 Å². The molecular weight excluding hydrogens is 178 g/mol. The van der Waals surface area contributed by atoms with E-state index in [0.717, 1.165) is 26.0 Å². The van der Waals surface area contributed by atoms with Gasteiger partial charge >= 0.3 is 0 Å². The molecule has 0 saturated heterocycles. The van der Waals surface area contributed by atoms with Crippen molar-refractivity contribution >= 4 is 0 Å². The molecule has 2 aliphatic rings. The van der Waals surface area contributed by atoms with Crippen molar-refractivity contribution in [1.29, 1.82) is 0 Å². The summed E-state index contributed by atoms with van der Waals surface area (Å²) in [5.41, 5.74) is 0.247. The van der Waals surface area contributed by atoms with Crippen LogP contribution in [0.3, 0.4) is 0 Å². The van der Waals surface area contributed by atoms with Crippen LogP contribution in [0.1, 0.15) is 32.6 Å². The van der Waals surface area contributed by atoms with E-state index in [4.69, 9.17) is 9.84 Å². The lowest BCUT2D eigenvalue weighted by molar-refractivity contribution is -0.0114. The second-order valence-electron chi connectivity index (χ2n) is 4.78. The lowest BCUT2D eigenvalue weighted by atomic mass is 9.88. The molecule has 0 heterocycles. The zero-order valence-corrected chi connectivity index (χ0v) is 8.96. The van der Waals surface area contributed by atoms with Gasteiger partial charge in [-0.05, 0) is 32.6 Å². The average Bonchev–Trinajstić information content (AvgIpc) is 2.90. The summed E-state index contributed by atoms with van der Waals surface area (Å²) in [4.78, 5) is 0. The molecule has 0 aliphatic heterocycles. The summed E-state index contributed by atoms with van der Waals surface area (Å²) in [6.45, 7) is 4.22. The third-order valence-corrected chi connectivity index (χ3v) is 3.56. The molecule has 0 aromatic carbocycles. The van der Waals surface area contributed by atoms with Crippen LogP contribution < -0.4 is 5.32 Å². The summed E-state index contributed by atoms with van der Waals surface area (Å²) < 4.78 is 5.49. The van der Waals surface area contributed by atoms with Crippen molar-refractivity contribution < 1.29 is 9.84 Å². The van der Waals surface area contributed by atoms with Gasteiger partial charge in [0.25, 0.3) is 0 Å². The molecule has 0 aromatic rings. The molecular formula is C11H21NO2. The maximum atomic E-state index is 9.13. The molecule has 0 amide bonds. The predicted molar refractivity (Wildman–Crippen MR) is 55.2 cm³/mol. The first-order valence-electron chi connectivity index (χ1n) is 5.74. The largest absolute Gasteiger partial charge is 0.396 e. The van der Waals surface area contributed by atoms with Crippen LogP contribution in [0.4, 0.5) is 0 Å². The Kier molecular flexibility index (Phi) is 3.10. The number of aliphatic hydroxyl groups excluding tert-OH is 1. The smallest absolute Gasteiger partial charge is 0.0604 e. The molecule has 3 nitrogen and oxygen atoms in total. The number of nitrogens with one attached hydrogen (secondary N) is 1. The van der Waals surface area contributed by atoms with Crippen LogP contribution in [0.15, 0.2) is 0 Å². The van der Waals surface area contributed by atoms with Gasteiger partial charge in [0, 0.05) is 31.2 Å².